The standard InChI is InChI=1S/C17H26N4O2S.HI/c1-13(22)21-14-5-3-6-15(11-14)23-9-8-19-17(18-2)20-12-16-7-4-10-24-16;/h3,5-6,11,16H,4,7-10,12H2,1-2H3,(H,21,22)(H2,18,19,20);1H. The van der Waals surface area contributed by atoms with Crippen LogP contribution in [0.2, 0.25) is 0 Å². The molecule has 1 aliphatic rings. The SMILES string of the molecule is CN=C(NCCOc1cccc(NC(C)=O)c1)NCC1CCCS1.I. The number of benzene rings is 1. The van der Waals surface area contributed by atoms with Crippen LogP contribution in [0.4, 0.5) is 5.69 Å². The minimum absolute atomic E-state index is 0. The van der Waals surface area contributed by atoms with Gasteiger partial charge in [-0.3, -0.25) is 9.79 Å². The Hall–Kier alpha value is -1.16. The molecular weight excluding hydrogens is 451 g/mol. The van der Waals surface area contributed by atoms with Gasteiger partial charge in [-0.05, 0) is 30.7 Å². The summed E-state index contributed by atoms with van der Waals surface area (Å²) in [5, 5.41) is 10.0. The van der Waals surface area contributed by atoms with Crippen molar-refractivity contribution in [3.05, 3.63) is 24.3 Å². The summed E-state index contributed by atoms with van der Waals surface area (Å²) in [6, 6.07) is 7.37. The molecule has 8 heteroatoms. The second-order valence-corrected chi connectivity index (χ2v) is 6.98. The molecule has 6 nitrogen and oxygen atoms in total. The molecule has 1 aliphatic heterocycles. The van der Waals surface area contributed by atoms with Crippen molar-refractivity contribution in [2.24, 2.45) is 4.99 Å². The number of halogens is 1. The van der Waals surface area contributed by atoms with E-state index in [0.717, 1.165) is 23.9 Å². The number of hydrogen-bond acceptors (Lipinski definition) is 4. The van der Waals surface area contributed by atoms with Gasteiger partial charge >= 0.3 is 0 Å². The first-order valence-corrected chi connectivity index (χ1v) is 9.29. The maximum atomic E-state index is 11.1. The minimum atomic E-state index is -0.0934. The summed E-state index contributed by atoms with van der Waals surface area (Å²) < 4.78 is 5.70. The monoisotopic (exact) mass is 478 g/mol. The summed E-state index contributed by atoms with van der Waals surface area (Å²) in [6.45, 7) is 3.61. The fraction of sp³-hybridized carbons (Fsp3) is 0.529. The van der Waals surface area contributed by atoms with E-state index in [1.807, 2.05) is 36.0 Å². The van der Waals surface area contributed by atoms with Crippen molar-refractivity contribution in [1.29, 1.82) is 0 Å². The number of hydrogen-bond donors (Lipinski definition) is 3. The molecule has 1 aromatic rings. The van der Waals surface area contributed by atoms with Gasteiger partial charge in [0, 0.05) is 37.5 Å². The van der Waals surface area contributed by atoms with Crippen LogP contribution in [-0.4, -0.2) is 49.6 Å². The number of nitrogens with zero attached hydrogens (tertiary/aromatic N) is 1. The van der Waals surface area contributed by atoms with Crippen molar-refractivity contribution in [3.63, 3.8) is 0 Å². The predicted octanol–water partition coefficient (Wildman–Crippen LogP) is 2.70. The number of guanidine groups is 1. The van der Waals surface area contributed by atoms with E-state index in [4.69, 9.17) is 4.74 Å². The summed E-state index contributed by atoms with van der Waals surface area (Å²) in [5.41, 5.74) is 0.736. The highest BCUT2D eigenvalue weighted by molar-refractivity contribution is 14.0. The van der Waals surface area contributed by atoms with Crippen LogP contribution in [0, 0.1) is 0 Å². The smallest absolute Gasteiger partial charge is 0.221 e. The Morgan fingerprint density at radius 1 is 1.40 bits per heavy atom. The second kappa shape index (κ2) is 12.2. The number of thioether (sulfide) groups is 1. The van der Waals surface area contributed by atoms with Crippen LogP contribution < -0.4 is 20.7 Å². The van der Waals surface area contributed by atoms with Gasteiger partial charge < -0.3 is 20.7 Å². The lowest BCUT2D eigenvalue weighted by Crippen LogP contribution is -2.41. The molecule has 0 aliphatic carbocycles. The Morgan fingerprint density at radius 3 is 2.92 bits per heavy atom. The Bertz CT molecular complexity index is 565. The predicted molar refractivity (Wildman–Crippen MR) is 117 cm³/mol. The summed E-state index contributed by atoms with van der Waals surface area (Å²) in [4.78, 5) is 15.3. The van der Waals surface area contributed by atoms with Crippen LogP contribution in [0.5, 0.6) is 5.75 Å². The molecule has 0 aromatic heterocycles. The number of rotatable bonds is 7. The van der Waals surface area contributed by atoms with E-state index < -0.39 is 0 Å². The van der Waals surface area contributed by atoms with E-state index in [0.29, 0.717) is 18.4 Å². The summed E-state index contributed by atoms with van der Waals surface area (Å²) in [6.07, 6.45) is 2.59. The van der Waals surface area contributed by atoms with Gasteiger partial charge in [0.2, 0.25) is 5.91 Å². The molecule has 1 amide bonds. The van der Waals surface area contributed by atoms with Crippen molar-refractivity contribution in [1.82, 2.24) is 10.6 Å². The normalized spacial score (nSPS) is 16.7. The van der Waals surface area contributed by atoms with Crippen LogP contribution in [0.1, 0.15) is 19.8 Å². The molecule has 0 radical (unpaired) electrons. The quantitative estimate of drug-likeness (QED) is 0.243. The lowest BCUT2D eigenvalue weighted by molar-refractivity contribution is -0.114. The molecule has 0 saturated carbocycles. The van der Waals surface area contributed by atoms with Crippen LogP contribution in [0.3, 0.4) is 0 Å². The highest BCUT2D eigenvalue weighted by atomic mass is 127. The summed E-state index contributed by atoms with van der Waals surface area (Å²) in [5.74, 6) is 2.71. The zero-order valence-corrected chi connectivity index (χ0v) is 17.9. The highest BCUT2D eigenvalue weighted by Crippen LogP contribution is 2.25. The first-order chi connectivity index (χ1) is 11.7. The van der Waals surface area contributed by atoms with Gasteiger partial charge in [-0.2, -0.15) is 11.8 Å². The lowest BCUT2D eigenvalue weighted by Gasteiger charge is -2.15. The molecule has 140 valence electrons. The largest absolute Gasteiger partial charge is 0.492 e. The maximum Gasteiger partial charge on any atom is 0.221 e. The highest BCUT2D eigenvalue weighted by Gasteiger charge is 2.15. The Morgan fingerprint density at radius 2 is 2.24 bits per heavy atom. The van der Waals surface area contributed by atoms with Crippen molar-refractivity contribution in [3.8, 4) is 5.75 Å². The molecule has 2 rings (SSSR count). The van der Waals surface area contributed by atoms with Crippen molar-refractivity contribution >= 4 is 53.3 Å². The molecule has 0 bridgehead atoms. The van der Waals surface area contributed by atoms with Crippen molar-refractivity contribution in [2.75, 3.05) is 37.8 Å². The molecule has 1 unspecified atom stereocenters. The molecule has 1 aromatic carbocycles. The fourth-order valence-corrected chi connectivity index (χ4v) is 3.64. The number of ether oxygens (including phenoxy) is 1. The average Bonchev–Trinajstić information content (AvgIpc) is 3.07. The summed E-state index contributed by atoms with van der Waals surface area (Å²) >= 11 is 2.03. The van der Waals surface area contributed by atoms with E-state index >= 15 is 0 Å². The Kier molecular flexibility index (Phi) is 10.7. The number of nitrogens with one attached hydrogen (secondary N) is 3. The number of anilines is 1. The summed E-state index contributed by atoms with van der Waals surface area (Å²) in [7, 11) is 1.77. The number of carbonyl (C=O) groups excluding carboxylic acids is 1. The van der Waals surface area contributed by atoms with Crippen LogP contribution >= 0.6 is 35.7 Å². The van der Waals surface area contributed by atoms with Gasteiger partial charge in [0.1, 0.15) is 12.4 Å². The zero-order valence-electron chi connectivity index (χ0n) is 14.7. The van der Waals surface area contributed by atoms with Crippen LogP contribution in [0.25, 0.3) is 0 Å². The van der Waals surface area contributed by atoms with E-state index in [1.165, 1.54) is 25.5 Å². The minimum Gasteiger partial charge on any atom is -0.492 e. The van der Waals surface area contributed by atoms with E-state index in [-0.39, 0.29) is 29.9 Å². The fourth-order valence-electron chi connectivity index (χ4n) is 2.44. The van der Waals surface area contributed by atoms with Gasteiger partial charge in [0.05, 0.1) is 6.54 Å². The van der Waals surface area contributed by atoms with Gasteiger partial charge in [-0.1, -0.05) is 6.07 Å². The lowest BCUT2D eigenvalue weighted by atomic mass is 10.2. The number of aliphatic imine (C=N–C) groups is 1. The first kappa shape index (κ1) is 21.9. The van der Waals surface area contributed by atoms with E-state index in [1.54, 1.807) is 7.05 Å². The maximum absolute atomic E-state index is 11.1. The molecule has 1 fully saturated rings. The van der Waals surface area contributed by atoms with Crippen molar-refractivity contribution < 1.29 is 9.53 Å². The molecule has 0 spiro atoms. The van der Waals surface area contributed by atoms with E-state index in [9.17, 15) is 4.79 Å². The molecule has 1 saturated heterocycles. The Labute approximate surface area is 171 Å². The second-order valence-electron chi connectivity index (χ2n) is 5.57. The van der Waals surface area contributed by atoms with Gasteiger partial charge in [0.25, 0.3) is 0 Å². The van der Waals surface area contributed by atoms with Crippen LogP contribution in [0.15, 0.2) is 29.3 Å². The van der Waals surface area contributed by atoms with Gasteiger partial charge in [-0.15, -0.1) is 24.0 Å². The number of carbonyl (C=O) groups is 1. The third-order valence-electron chi connectivity index (χ3n) is 3.56. The molecule has 1 heterocycles. The first-order valence-electron chi connectivity index (χ1n) is 8.24. The topological polar surface area (TPSA) is 74.8 Å². The molecule has 25 heavy (non-hydrogen) atoms. The Balaban J connectivity index is 0.00000312. The van der Waals surface area contributed by atoms with Crippen LogP contribution in [-0.2, 0) is 4.79 Å². The van der Waals surface area contributed by atoms with Crippen molar-refractivity contribution in [2.45, 2.75) is 25.0 Å². The molecular formula is C17H27IN4O2S. The zero-order chi connectivity index (χ0) is 17.2. The number of amides is 1. The van der Waals surface area contributed by atoms with E-state index in [2.05, 4.69) is 20.9 Å². The molecule has 1 atom stereocenters. The molecule has 3 N–H and O–H groups in total. The third-order valence-corrected chi connectivity index (χ3v) is 4.96. The third kappa shape index (κ3) is 8.66. The average molecular weight is 478 g/mol. The van der Waals surface area contributed by atoms with Gasteiger partial charge in [-0.25, -0.2) is 0 Å². The van der Waals surface area contributed by atoms with Gasteiger partial charge in [0.15, 0.2) is 5.96 Å².